The first-order chi connectivity index (χ1) is 8.58. The number of nitrogens with one attached hydrogen (secondary N) is 1. The molecule has 0 heterocycles. The Kier molecular flexibility index (Phi) is 8.16. The molecule has 1 amide bonds. The van der Waals surface area contributed by atoms with E-state index >= 15 is 0 Å². The number of oxime groups is 1. The van der Waals surface area contributed by atoms with Crippen molar-refractivity contribution in [2.75, 3.05) is 6.54 Å². The summed E-state index contributed by atoms with van der Waals surface area (Å²) >= 11 is 0. The van der Waals surface area contributed by atoms with E-state index in [0.717, 1.165) is 25.7 Å². The molecule has 4 N–H and O–H groups in total. The summed E-state index contributed by atoms with van der Waals surface area (Å²) in [6, 6.07) is 0. The molecular weight excluding hydrogens is 230 g/mol. The van der Waals surface area contributed by atoms with E-state index in [4.69, 9.17) is 10.9 Å². The van der Waals surface area contributed by atoms with Gasteiger partial charge in [-0.15, -0.1) is 0 Å². The number of carbonyl (C=O) groups is 1. The Labute approximate surface area is 110 Å². The van der Waals surface area contributed by atoms with Gasteiger partial charge in [0.15, 0.2) is 5.84 Å². The minimum atomic E-state index is -0.855. The smallest absolute Gasteiger partial charge is 0.233 e. The standard InChI is InChI=1S/C13H27N3O2/c1-4-7-10-15-12(17)13(8-5-2,9-6-3)11(14)16-18/h18H,4-10H2,1-3H3,(H2,14,16)(H,15,17). The number of carbonyl (C=O) groups excluding carboxylic acids is 1. The first-order valence-electron chi connectivity index (χ1n) is 6.85. The second-order valence-electron chi connectivity index (χ2n) is 4.68. The molecule has 0 fully saturated rings. The summed E-state index contributed by atoms with van der Waals surface area (Å²) in [5.74, 6) is -0.0878. The van der Waals surface area contributed by atoms with Crippen molar-refractivity contribution in [3.8, 4) is 0 Å². The molecule has 5 nitrogen and oxygen atoms in total. The maximum absolute atomic E-state index is 12.3. The molecule has 0 spiro atoms. The number of nitrogens with zero attached hydrogens (tertiary/aromatic N) is 1. The number of amides is 1. The zero-order valence-electron chi connectivity index (χ0n) is 11.8. The van der Waals surface area contributed by atoms with Gasteiger partial charge in [0.2, 0.25) is 5.91 Å². The lowest BCUT2D eigenvalue weighted by Gasteiger charge is -2.30. The largest absolute Gasteiger partial charge is 0.409 e. The van der Waals surface area contributed by atoms with Gasteiger partial charge in [0.25, 0.3) is 0 Å². The summed E-state index contributed by atoms with van der Waals surface area (Å²) < 4.78 is 0. The van der Waals surface area contributed by atoms with Gasteiger partial charge in [0, 0.05) is 6.54 Å². The van der Waals surface area contributed by atoms with Crippen LogP contribution in [0.15, 0.2) is 5.16 Å². The van der Waals surface area contributed by atoms with Crippen molar-refractivity contribution >= 4 is 11.7 Å². The van der Waals surface area contributed by atoms with Crippen LogP contribution in [0.2, 0.25) is 0 Å². The fourth-order valence-electron chi connectivity index (χ4n) is 2.22. The molecule has 0 atom stereocenters. The summed E-state index contributed by atoms with van der Waals surface area (Å²) in [5.41, 5.74) is 4.91. The molecule has 0 aliphatic heterocycles. The fourth-order valence-corrected chi connectivity index (χ4v) is 2.22. The van der Waals surface area contributed by atoms with Gasteiger partial charge in [-0.2, -0.15) is 0 Å². The third kappa shape index (κ3) is 4.20. The van der Waals surface area contributed by atoms with Gasteiger partial charge in [-0.05, 0) is 19.3 Å². The number of nitrogens with two attached hydrogens (primary N) is 1. The van der Waals surface area contributed by atoms with Crippen molar-refractivity contribution in [1.29, 1.82) is 0 Å². The van der Waals surface area contributed by atoms with E-state index in [0.29, 0.717) is 19.4 Å². The third-order valence-corrected chi connectivity index (χ3v) is 3.20. The Balaban J connectivity index is 4.96. The van der Waals surface area contributed by atoms with Crippen molar-refractivity contribution in [1.82, 2.24) is 5.32 Å². The van der Waals surface area contributed by atoms with Crippen molar-refractivity contribution in [2.45, 2.75) is 59.3 Å². The summed E-state index contributed by atoms with van der Waals surface area (Å²) in [6.45, 7) is 6.70. The molecule has 0 unspecified atom stereocenters. The average Bonchev–Trinajstić information content (AvgIpc) is 2.37. The maximum atomic E-state index is 12.3. The Morgan fingerprint density at radius 1 is 1.22 bits per heavy atom. The zero-order chi connectivity index (χ0) is 14.0. The average molecular weight is 257 g/mol. The molecular formula is C13H27N3O2. The van der Waals surface area contributed by atoms with Crippen LogP contribution in [-0.4, -0.2) is 23.5 Å². The highest BCUT2D eigenvalue weighted by molar-refractivity contribution is 6.06. The van der Waals surface area contributed by atoms with Gasteiger partial charge in [0.05, 0.1) is 0 Å². The molecule has 5 heteroatoms. The molecule has 0 radical (unpaired) electrons. The Morgan fingerprint density at radius 2 is 1.78 bits per heavy atom. The van der Waals surface area contributed by atoms with E-state index in [1.807, 2.05) is 13.8 Å². The van der Waals surface area contributed by atoms with Gasteiger partial charge < -0.3 is 16.3 Å². The minimum Gasteiger partial charge on any atom is -0.409 e. The van der Waals surface area contributed by atoms with E-state index in [2.05, 4.69) is 17.4 Å². The Bertz CT molecular complexity index is 271. The van der Waals surface area contributed by atoms with Crippen LogP contribution in [0.25, 0.3) is 0 Å². The molecule has 0 aromatic carbocycles. The monoisotopic (exact) mass is 257 g/mol. The molecule has 0 saturated heterocycles. The Hall–Kier alpha value is -1.26. The van der Waals surface area contributed by atoms with Crippen LogP contribution >= 0.6 is 0 Å². The van der Waals surface area contributed by atoms with E-state index in [1.54, 1.807) is 0 Å². The van der Waals surface area contributed by atoms with Gasteiger partial charge >= 0.3 is 0 Å². The minimum absolute atomic E-state index is 0.0280. The number of unbranched alkanes of at least 4 members (excludes halogenated alkanes) is 1. The molecule has 18 heavy (non-hydrogen) atoms. The first kappa shape index (κ1) is 16.7. The van der Waals surface area contributed by atoms with Crippen molar-refractivity contribution in [3.63, 3.8) is 0 Å². The molecule has 0 rings (SSSR count). The lowest BCUT2D eigenvalue weighted by Crippen LogP contribution is -2.50. The number of hydrogen-bond donors (Lipinski definition) is 3. The number of amidine groups is 1. The normalized spacial score (nSPS) is 12.5. The highest BCUT2D eigenvalue weighted by atomic mass is 16.4. The van der Waals surface area contributed by atoms with Gasteiger partial charge in [-0.25, -0.2) is 0 Å². The molecule has 0 aromatic rings. The highest BCUT2D eigenvalue weighted by Gasteiger charge is 2.41. The molecule has 0 aromatic heterocycles. The Morgan fingerprint density at radius 3 is 2.17 bits per heavy atom. The first-order valence-corrected chi connectivity index (χ1v) is 6.85. The fraction of sp³-hybridized carbons (Fsp3) is 0.846. The molecule has 0 aliphatic rings. The topological polar surface area (TPSA) is 87.7 Å². The lowest BCUT2D eigenvalue weighted by atomic mass is 9.77. The van der Waals surface area contributed by atoms with E-state index < -0.39 is 5.41 Å². The molecule has 0 bridgehead atoms. The van der Waals surface area contributed by atoms with Crippen LogP contribution in [-0.2, 0) is 4.79 Å². The SMILES string of the molecule is CCCCNC(=O)C(CCC)(CCC)/C(N)=N/O. The van der Waals surface area contributed by atoms with E-state index in [1.165, 1.54) is 0 Å². The van der Waals surface area contributed by atoms with Crippen molar-refractivity contribution < 1.29 is 10.0 Å². The van der Waals surface area contributed by atoms with Crippen molar-refractivity contribution in [3.05, 3.63) is 0 Å². The maximum Gasteiger partial charge on any atom is 0.233 e. The van der Waals surface area contributed by atoms with Crippen LogP contribution < -0.4 is 11.1 Å². The molecule has 106 valence electrons. The summed E-state index contributed by atoms with van der Waals surface area (Å²) in [7, 11) is 0. The second kappa shape index (κ2) is 8.78. The van der Waals surface area contributed by atoms with Gasteiger partial charge in [-0.1, -0.05) is 45.2 Å². The summed E-state index contributed by atoms with van der Waals surface area (Å²) in [5, 5.41) is 14.9. The highest BCUT2D eigenvalue weighted by Crippen LogP contribution is 2.30. The predicted molar refractivity (Wildman–Crippen MR) is 73.6 cm³/mol. The lowest BCUT2D eigenvalue weighted by molar-refractivity contribution is -0.128. The number of rotatable bonds is 9. The number of hydrogen-bond acceptors (Lipinski definition) is 3. The second-order valence-corrected chi connectivity index (χ2v) is 4.68. The van der Waals surface area contributed by atoms with Crippen LogP contribution in [0.3, 0.4) is 0 Å². The van der Waals surface area contributed by atoms with E-state index in [-0.39, 0.29) is 11.7 Å². The van der Waals surface area contributed by atoms with Gasteiger partial charge in [0.1, 0.15) is 5.41 Å². The van der Waals surface area contributed by atoms with Crippen molar-refractivity contribution in [2.24, 2.45) is 16.3 Å². The zero-order valence-corrected chi connectivity index (χ0v) is 11.8. The van der Waals surface area contributed by atoms with Crippen LogP contribution in [0.4, 0.5) is 0 Å². The summed E-state index contributed by atoms with van der Waals surface area (Å²) in [4.78, 5) is 12.3. The quantitative estimate of drug-likeness (QED) is 0.195. The van der Waals surface area contributed by atoms with Crippen LogP contribution in [0, 0.1) is 5.41 Å². The third-order valence-electron chi connectivity index (χ3n) is 3.20. The van der Waals surface area contributed by atoms with Crippen LogP contribution in [0.1, 0.15) is 59.3 Å². The van der Waals surface area contributed by atoms with Gasteiger partial charge in [-0.3, -0.25) is 4.79 Å². The summed E-state index contributed by atoms with van der Waals surface area (Å²) in [6.07, 6.45) is 4.81. The molecule has 0 aliphatic carbocycles. The van der Waals surface area contributed by atoms with Crippen LogP contribution in [0.5, 0.6) is 0 Å². The molecule has 0 saturated carbocycles. The van der Waals surface area contributed by atoms with E-state index in [9.17, 15) is 4.79 Å². The predicted octanol–water partition coefficient (Wildman–Crippen LogP) is 2.24.